The maximum Gasteiger partial charge on any atom is 0.416 e. The summed E-state index contributed by atoms with van der Waals surface area (Å²) in [5.41, 5.74) is 1.43. The van der Waals surface area contributed by atoms with Crippen molar-refractivity contribution in [2.75, 3.05) is 10.6 Å². The van der Waals surface area contributed by atoms with E-state index >= 15 is 0 Å². The number of aryl methyl sites for hydroxylation is 1. The standard InChI is InChI=1S/C18H15ClF3N5/c1-11-2-4-12(5-3-11)9-23-16-10-24-27-17(26-16)25-15-8-13(18(20,21)22)6-7-14(15)19/h2-8,10H,9H2,1H3,(H2,23,25,26,27). The Bertz CT molecular complexity index is 929. The predicted molar refractivity (Wildman–Crippen MR) is 98.1 cm³/mol. The number of aromatic nitrogens is 3. The molecule has 3 aromatic rings. The zero-order chi connectivity index (χ0) is 19.4. The molecule has 9 heteroatoms. The van der Waals surface area contributed by atoms with E-state index < -0.39 is 11.7 Å². The SMILES string of the molecule is Cc1ccc(CNc2cnnc(Nc3cc(C(F)(F)F)ccc3Cl)n2)cc1. The summed E-state index contributed by atoms with van der Waals surface area (Å²) >= 11 is 5.97. The molecule has 0 atom stereocenters. The van der Waals surface area contributed by atoms with Gasteiger partial charge in [0, 0.05) is 6.54 Å². The summed E-state index contributed by atoms with van der Waals surface area (Å²) in [5.74, 6) is 0.460. The third-order valence-electron chi connectivity index (χ3n) is 3.69. The molecule has 0 unspecified atom stereocenters. The number of anilines is 3. The quantitative estimate of drug-likeness (QED) is 0.623. The Labute approximate surface area is 158 Å². The molecule has 5 nitrogen and oxygen atoms in total. The van der Waals surface area contributed by atoms with Crippen LogP contribution in [0, 0.1) is 6.92 Å². The Morgan fingerprint density at radius 2 is 1.81 bits per heavy atom. The van der Waals surface area contributed by atoms with E-state index in [1.165, 1.54) is 12.3 Å². The van der Waals surface area contributed by atoms with E-state index in [4.69, 9.17) is 11.6 Å². The lowest BCUT2D eigenvalue weighted by Crippen LogP contribution is -2.08. The maximum atomic E-state index is 12.9. The molecule has 0 saturated heterocycles. The third kappa shape index (κ3) is 5.07. The van der Waals surface area contributed by atoms with Crippen LogP contribution >= 0.6 is 11.6 Å². The van der Waals surface area contributed by atoms with Crippen LogP contribution in [0.25, 0.3) is 0 Å². The summed E-state index contributed by atoms with van der Waals surface area (Å²) in [5, 5.41) is 13.5. The van der Waals surface area contributed by atoms with Gasteiger partial charge in [-0.05, 0) is 30.7 Å². The first-order valence-electron chi connectivity index (χ1n) is 7.94. The van der Waals surface area contributed by atoms with Gasteiger partial charge in [-0.1, -0.05) is 41.4 Å². The lowest BCUT2D eigenvalue weighted by atomic mass is 10.1. The number of nitrogens with zero attached hydrogens (tertiary/aromatic N) is 3. The van der Waals surface area contributed by atoms with E-state index in [-0.39, 0.29) is 16.7 Å². The number of halogens is 4. The molecule has 27 heavy (non-hydrogen) atoms. The van der Waals surface area contributed by atoms with E-state index in [9.17, 15) is 13.2 Å². The second-order valence-corrected chi connectivity index (χ2v) is 6.23. The zero-order valence-electron chi connectivity index (χ0n) is 14.2. The summed E-state index contributed by atoms with van der Waals surface area (Å²) in [6.07, 6.45) is -3.05. The van der Waals surface area contributed by atoms with Crippen LogP contribution in [0.15, 0.2) is 48.7 Å². The molecule has 2 aromatic carbocycles. The Balaban J connectivity index is 1.73. The molecule has 3 rings (SSSR count). The van der Waals surface area contributed by atoms with Crippen LogP contribution in [0.1, 0.15) is 16.7 Å². The smallest absolute Gasteiger partial charge is 0.365 e. The van der Waals surface area contributed by atoms with Crippen molar-refractivity contribution >= 4 is 29.1 Å². The Morgan fingerprint density at radius 1 is 1.07 bits per heavy atom. The monoisotopic (exact) mass is 393 g/mol. The van der Waals surface area contributed by atoms with E-state index in [1.807, 2.05) is 31.2 Å². The second kappa shape index (κ2) is 7.79. The molecule has 0 spiro atoms. The molecular formula is C18H15ClF3N5. The molecule has 0 amide bonds. The minimum atomic E-state index is -4.47. The van der Waals surface area contributed by atoms with E-state index in [2.05, 4.69) is 25.8 Å². The zero-order valence-corrected chi connectivity index (χ0v) is 14.9. The summed E-state index contributed by atoms with van der Waals surface area (Å²) in [7, 11) is 0. The highest BCUT2D eigenvalue weighted by Gasteiger charge is 2.31. The fraction of sp³-hybridized carbons (Fsp3) is 0.167. The number of hydrogen-bond acceptors (Lipinski definition) is 5. The summed E-state index contributed by atoms with van der Waals surface area (Å²) in [6, 6.07) is 10.9. The number of alkyl halides is 3. The first kappa shape index (κ1) is 18.9. The van der Waals surface area contributed by atoms with Gasteiger partial charge in [0.25, 0.3) is 0 Å². The fourth-order valence-corrected chi connectivity index (χ4v) is 2.42. The molecule has 0 saturated carbocycles. The maximum absolute atomic E-state index is 12.9. The van der Waals surface area contributed by atoms with E-state index in [0.717, 1.165) is 23.3 Å². The van der Waals surface area contributed by atoms with Gasteiger partial charge >= 0.3 is 6.18 Å². The van der Waals surface area contributed by atoms with Crippen LogP contribution in [0.5, 0.6) is 0 Å². The Morgan fingerprint density at radius 3 is 2.52 bits per heavy atom. The summed E-state index contributed by atoms with van der Waals surface area (Å²) in [6.45, 7) is 2.52. The van der Waals surface area contributed by atoms with Gasteiger partial charge in [-0.3, -0.25) is 0 Å². The highest BCUT2D eigenvalue weighted by Crippen LogP contribution is 2.34. The topological polar surface area (TPSA) is 62.7 Å². The Kier molecular flexibility index (Phi) is 5.46. The van der Waals surface area contributed by atoms with Gasteiger partial charge in [0.15, 0.2) is 5.82 Å². The minimum Gasteiger partial charge on any atom is -0.365 e. The normalized spacial score (nSPS) is 11.3. The van der Waals surface area contributed by atoms with Crippen molar-refractivity contribution in [3.8, 4) is 0 Å². The van der Waals surface area contributed by atoms with Crippen molar-refractivity contribution in [3.05, 3.63) is 70.4 Å². The van der Waals surface area contributed by atoms with Crippen molar-refractivity contribution in [2.24, 2.45) is 0 Å². The molecule has 1 aromatic heterocycles. The van der Waals surface area contributed by atoms with Crippen LogP contribution in [0.2, 0.25) is 5.02 Å². The first-order chi connectivity index (χ1) is 12.8. The Hall–Kier alpha value is -2.87. The van der Waals surface area contributed by atoms with Crippen LogP contribution in [0.4, 0.5) is 30.6 Å². The predicted octanol–water partition coefficient (Wildman–Crippen LogP) is 5.21. The molecule has 0 aliphatic heterocycles. The lowest BCUT2D eigenvalue weighted by molar-refractivity contribution is -0.137. The van der Waals surface area contributed by atoms with Gasteiger partial charge in [-0.15, -0.1) is 5.10 Å². The fourth-order valence-electron chi connectivity index (χ4n) is 2.26. The van der Waals surface area contributed by atoms with Crippen molar-refractivity contribution in [2.45, 2.75) is 19.6 Å². The average Bonchev–Trinajstić information content (AvgIpc) is 2.62. The number of hydrogen-bond donors (Lipinski definition) is 2. The van der Waals surface area contributed by atoms with Gasteiger partial charge in [-0.2, -0.15) is 23.3 Å². The minimum absolute atomic E-state index is 0.0325. The molecule has 0 aliphatic rings. The van der Waals surface area contributed by atoms with Crippen LogP contribution < -0.4 is 10.6 Å². The number of nitrogens with one attached hydrogen (secondary N) is 2. The highest BCUT2D eigenvalue weighted by molar-refractivity contribution is 6.33. The first-order valence-corrected chi connectivity index (χ1v) is 8.32. The average molecular weight is 394 g/mol. The van der Waals surface area contributed by atoms with Gasteiger partial charge in [-0.25, -0.2) is 0 Å². The van der Waals surface area contributed by atoms with Crippen LogP contribution in [-0.2, 0) is 12.7 Å². The van der Waals surface area contributed by atoms with Gasteiger partial charge < -0.3 is 10.6 Å². The molecule has 140 valence electrons. The molecule has 1 heterocycles. The third-order valence-corrected chi connectivity index (χ3v) is 4.02. The van der Waals surface area contributed by atoms with Crippen molar-refractivity contribution < 1.29 is 13.2 Å². The molecule has 2 N–H and O–H groups in total. The summed E-state index contributed by atoms with van der Waals surface area (Å²) in [4.78, 5) is 4.20. The van der Waals surface area contributed by atoms with Crippen molar-refractivity contribution in [1.29, 1.82) is 0 Å². The lowest BCUT2D eigenvalue weighted by Gasteiger charge is -2.12. The van der Waals surface area contributed by atoms with E-state index in [1.54, 1.807) is 0 Å². The van der Waals surface area contributed by atoms with Gasteiger partial charge in [0.2, 0.25) is 5.95 Å². The number of benzene rings is 2. The summed E-state index contributed by atoms with van der Waals surface area (Å²) < 4.78 is 38.6. The largest absolute Gasteiger partial charge is 0.416 e. The molecule has 0 fully saturated rings. The van der Waals surface area contributed by atoms with Crippen LogP contribution in [-0.4, -0.2) is 15.2 Å². The number of rotatable bonds is 5. The van der Waals surface area contributed by atoms with Crippen LogP contribution in [0.3, 0.4) is 0 Å². The molecule has 0 radical (unpaired) electrons. The molecule has 0 bridgehead atoms. The van der Waals surface area contributed by atoms with E-state index in [0.29, 0.717) is 12.4 Å². The van der Waals surface area contributed by atoms with Crippen molar-refractivity contribution in [1.82, 2.24) is 15.2 Å². The van der Waals surface area contributed by atoms with Gasteiger partial charge in [0.1, 0.15) is 0 Å². The van der Waals surface area contributed by atoms with Gasteiger partial charge in [0.05, 0.1) is 22.5 Å². The van der Waals surface area contributed by atoms with Crippen molar-refractivity contribution in [3.63, 3.8) is 0 Å². The molecular weight excluding hydrogens is 379 g/mol. The highest BCUT2D eigenvalue weighted by atomic mass is 35.5. The molecule has 0 aliphatic carbocycles. The second-order valence-electron chi connectivity index (χ2n) is 5.82.